The lowest BCUT2D eigenvalue weighted by atomic mass is 10.1. The fourth-order valence-corrected chi connectivity index (χ4v) is 2.99. The predicted octanol–water partition coefficient (Wildman–Crippen LogP) is 3.34. The Kier molecular flexibility index (Phi) is 4.11. The van der Waals surface area contributed by atoms with Gasteiger partial charge in [0.2, 0.25) is 0 Å². The number of nitrogens with one attached hydrogen (secondary N) is 1. The molecule has 0 aliphatic carbocycles. The molecule has 0 saturated carbocycles. The van der Waals surface area contributed by atoms with E-state index in [1.54, 1.807) is 12.3 Å². The largest absolute Gasteiger partial charge is 0.371 e. The van der Waals surface area contributed by atoms with Crippen LogP contribution in [-0.4, -0.2) is 29.5 Å². The van der Waals surface area contributed by atoms with Crippen LogP contribution in [0.5, 0.6) is 0 Å². The number of hydrogen-bond donors (Lipinski definition) is 1. The van der Waals surface area contributed by atoms with Gasteiger partial charge in [-0.25, -0.2) is 9.07 Å². The Hall–Kier alpha value is -2.50. The molecule has 5 heteroatoms. The first-order chi connectivity index (χ1) is 11.8. The number of aromatic nitrogens is 2. The number of benzene rings is 2. The van der Waals surface area contributed by atoms with Crippen molar-refractivity contribution in [1.29, 1.82) is 0 Å². The van der Waals surface area contributed by atoms with E-state index in [1.807, 2.05) is 28.9 Å². The van der Waals surface area contributed by atoms with Crippen molar-refractivity contribution in [3.8, 4) is 16.9 Å². The van der Waals surface area contributed by atoms with Gasteiger partial charge in [0.15, 0.2) is 0 Å². The first kappa shape index (κ1) is 15.1. The zero-order valence-electron chi connectivity index (χ0n) is 13.2. The molecule has 1 N–H and O–H groups in total. The van der Waals surface area contributed by atoms with Crippen molar-refractivity contribution in [1.82, 2.24) is 15.1 Å². The van der Waals surface area contributed by atoms with Gasteiger partial charge >= 0.3 is 0 Å². The van der Waals surface area contributed by atoms with Crippen LogP contribution < -0.4 is 5.32 Å². The zero-order chi connectivity index (χ0) is 16.4. The van der Waals surface area contributed by atoms with E-state index in [1.165, 1.54) is 12.1 Å². The normalized spacial score (nSPS) is 17.8. The van der Waals surface area contributed by atoms with Crippen LogP contribution in [0, 0.1) is 5.82 Å². The Labute approximate surface area is 139 Å². The highest BCUT2D eigenvalue weighted by Crippen LogP contribution is 2.25. The third-order valence-electron chi connectivity index (χ3n) is 4.20. The second-order valence-electron chi connectivity index (χ2n) is 5.79. The van der Waals surface area contributed by atoms with Gasteiger partial charge in [0.1, 0.15) is 5.82 Å². The molecular weight excluding hydrogens is 305 g/mol. The highest BCUT2D eigenvalue weighted by atomic mass is 19.1. The molecule has 2 aromatic carbocycles. The second-order valence-corrected chi connectivity index (χ2v) is 5.79. The second kappa shape index (κ2) is 6.55. The molecular formula is C19H18FN3O. The van der Waals surface area contributed by atoms with Crippen LogP contribution in [0.15, 0.2) is 60.8 Å². The van der Waals surface area contributed by atoms with Crippen LogP contribution in [0.3, 0.4) is 0 Å². The number of ether oxygens (including phenoxy) is 1. The summed E-state index contributed by atoms with van der Waals surface area (Å²) in [6.07, 6.45) is 1.82. The van der Waals surface area contributed by atoms with Gasteiger partial charge in [0.25, 0.3) is 0 Å². The molecule has 0 spiro atoms. The highest BCUT2D eigenvalue weighted by molar-refractivity contribution is 5.61. The molecule has 4 rings (SSSR count). The Balaban J connectivity index is 1.64. The van der Waals surface area contributed by atoms with E-state index in [-0.39, 0.29) is 11.9 Å². The molecule has 1 aromatic heterocycles. The van der Waals surface area contributed by atoms with Gasteiger partial charge in [0, 0.05) is 18.7 Å². The van der Waals surface area contributed by atoms with E-state index in [4.69, 9.17) is 4.74 Å². The van der Waals surface area contributed by atoms with Gasteiger partial charge in [-0.05, 0) is 35.9 Å². The standard InChI is InChI=1S/C19H18FN3O/c20-16-3-1-2-15(12-16)18-8-9-22-23(18)17-6-4-14(5-7-17)19-13-21-10-11-24-19/h1-9,12,19,21H,10-11,13H2. The minimum atomic E-state index is -0.252. The number of morpholine rings is 1. The van der Waals surface area contributed by atoms with Crippen molar-refractivity contribution >= 4 is 0 Å². The fourth-order valence-electron chi connectivity index (χ4n) is 2.99. The average Bonchev–Trinajstić information content (AvgIpc) is 3.12. The van der Waals surface area contributed by atoms with E-state index in [0.29, 0.717) is 0 Å². The Bertz CT molecular complexity index is 823. The van der Waals surface area contributed by atoms with Crippen molar-refractivity contribution in [2.75, 3.05) is 19.7 Å². The Morgan fingerprint density at radius 1 is 1.12 bits per heavy atom. The summed E-state index contributed by atoms with van der Waals surface area (Å²) < 4.78 is 21.1. The summed E-state index contributed by atoms with van der Waals surface area (Å²) in [5, 5.41) is 7.72. The van der Waals surface area contributed by atoms with Gasteiger partial charge < -0.3 is 10.1 Å². The van der Waals surface area contributed by atoms with Crippen LogP contribution in [0.2, 0.25) is 0 Å². The lowest BCUT2D eigenvalue weighted by molar-refractivity contribution is 0.0277. The summed E-state index contributed by atoms with van der Waals surface area (Å²) in [4.78, 5) is 0. The molecule has 0 amide bonds. The van der Waals surface area contributed by atoms with Gasteiger partial charge in [-0.2, -0.15) is 5.10 Å². The van der Waals surface area contributed by atoms with E-state index >= 15 is 0 Å². The average molecular weight is 323 g/mol. The fraction of sp³-hybridized carbons (Fsp3) is 0.211. The number of hydrogen-bond acceptors (Lipinski definition) is 3. The molecule has 2 heterocycles. The third-order valence-corrected chi connectivity index (χ3v) is 4.20. The molecule has 0 bridgehead atoms. The van der Waals surface area contributed by atoms with Crippen molar-refractivity contribution < 1.29 is 9.13 Å². The van der Waals surface area contributed by atoms with Crippen LogP contribution in [-0.2, 0) is 4.74 Å². The predicted molar refractivity (Wildman–Crippen MR) is 90.5 cm³/mol. The Morgan fingerprint density at radius 2 is 2.00 bits per heavy atom. The first-order valence-corrected chi connectivity index (χ1v) is 8.04. The molecule has 1 atom stereocenters. The third kappa shape index (κ3) is 2.96. The van der Waals surface area contributed by atoms with Gasteiger partial charge in [0.05, 0.1) is 30.3 Å². The molecule has 122 valence electrons. The smallest absolute Gasteiger partial charge is 0.123 e. The minimum absolute atomic E-state index is 0.0908. The highest BCUT2D eigenvalue weighted by Gasteiger charge is 2.16. The first-order valence-electron chi connectivity index (χ1n) is 8.04. The van der Waals surface area contributed by atoms with Crippen molar-refractivity contribution in [2.24, 2.45) is 0 Å². The van der Waals surface area contributed by atoms with E-state index in [9.17, 15) is 4.39 Å². The van der Waals surface area contributed by atoms with Gasteiger partial charge in [-0.15, -0.1) is 0 Å². The molecule has 4 nitrogen and oxygen atoms in total. The molecule has 24 heavy (non-hydrogen) atoms. The number of rotatable bonds is 3. The van der Waals surface area contributed by atoms with Crippen LogP contribution in [0.1, 0.15) is 11.7 Å². The maximum Gasteiger partial charge on any atom is 0.123 e. The van der Waals surface area contributed by atoms with E-state index in [0.717, 1.165) is 42.2 Å². The Morgan fingerprint density at radius 3 is 2.75 bits per heavy atom. The van der Waals surface area contributed by atoms with Crippen LogP contribution in [0.4, 0.5) is 4.39 Å². The SMILES string of the molecule is Fc1cccc(-c2ccnn2-c2ccc(C3CNCCO3)cc2)c1. The van der Waals surface area contributed by atoms with Crippen LogP contribution in [0.25, 0.3) is 16.9 Å². The molecule has 1 saturated heterocycles. The summed E-state index contributed by atoms with van der Waals surface area (Å²) >= 11 is 0. The van der Waals surface area contributed by atoms with E-state index < -0.39 is 0 Å². The van der Waals surface area contributed by atoms with Crippen molar-refractivity contribution in [3.05, 3.63) is 72.2 Å². The summed E-state index contributed by atoms with van der Waals surface area (Å²) in [6.45, 7) is 2.46. The maximum absolute atomic E-state index is 13.5. The summed E-state index contributed by atoms with van der Waals surface area (Å²) in [5.41, 5.74) is 3.74. The van der Waals surface area contributed by atoms with Gasteiger partial charge in [-0.1, -0.05) is 24.3 Å². The molecule has 1 aliphatic heterocycles. The summed E-state index contributed by atoms with van der Waals surface area (Å²) in [7, 11) is 0. The lowest BCUT2D eigenvalue weighted by Gasteiger charge is -2.24. The maximum atomic E-state index is 13.5. The number of nitrogens with zero attached hydrogens (tertiary/aromatic N) is 2. The minimum Gasteiger partial charge on any atom is -0.371 e. The molecule has 1 aliphatic rings. The summed E-state index contributed by atoms with van der Waals surface area (Å²) in [6, 6.07) is 16.6. The topological polar surface area (TPSA) is 39.1 Å². The quantitative estimate of drug-likeness (QED) is 0.803. The molecule has 0 radical (unpaired) electrons. The molecule has 1 unspecified atom stereocenters. The van der Waals surface area contributed by atoms with E-state index in [2.05, 4.69) is 22.5 Å². The molecule has 1 fully saturated rings. The lowest BCUT2D eigenvalue weighted by Crippen LogP contribution is -2.33. The van der Waals surface area contributed by atoms with Crippen molar-refractivity contribution in [2.45, 2.75) is 6.10 Å². The zero-order valence-corrected chi connectivity index (χ0v) is 13.2. The molecule has 3 aromatic rings. The number of halogens is 1. The van der Waals surface area contributed by atoms with Crippen molar-refractivity contribution in [3.63, 3.8) is 0 Å². The summed E-state index contributed by atoms with van der Waals surface area (Å²) in [5.74, 6) is -0.252. The van der Waals surface area contributed by atoms with Gasteiger partial charge in [-0.3, -0.25) is 0 Å². The van der Waals surface area contributed by atoms with Crippen LogP contribution >= 0.6 is 0 Å². The monoisotopic (exact) mass is 323 g/mol.